The molecule has 2 amide bonds. The Bertz CT molecular complexity index is 935. The van der Waals surface area contributed by atoms with E-state index in [1.165, 1.54) is 11.8 Å². The summed E-state index contributed by atoms with van der Waals surface area (Å²) in [6.07, 6.45) is 1.79. The van der Waals surface area contributed by atoms with Crippen molar-refractivity contribution in [3.8, 4) is 11.1 Å². The Balaban J connectivity index is 1.60. The Hall–Kier alpha value is -3.00. The van der Waals surface area contributed by atoms with Gasteiger partial charge >= 0.3 is 12.1 Å². The van der Waals surface area contributed by atoms with Crippen LogP contribution in [0.1, 0.15) is 36.8 Å². The lowest BCUT2D eigenvalue weighted by molar-refractivity contribution is -0.142. The van der Waals surface area contributed by atoms with Crippen LogP contribution in [0.5, 0.6) is 0 Å². The molecule has 0 aromatic heterocycles. The highest BCUT2D eigenvalue weighted by atomic mass is 32.2. The Morgan fingerprint density at radius 3 is 2.12 bits per heavy atom. The van der Waals surface area contributed by atoms with Gasteiger partial charge in [-0.1, -0.05) is 55.5 Å². The van der Waals surface area contributed by atoms with Crippen molar-refractivity contribution in [2.45, 2.75) is 37.8 Å². The van der Waals surface area contributed by atoms with E-state index < -0.39 is 30.1 Å². The van der Waals surface area contributed by atoms with Gasteiger partial charge in [0.05, 0.1) is 0 Å². The van der Waals surface area contributed by atoms with E-state index in [4.69, 9.17) is 4.74 Å². The maximum Gasteiger partial charge on any atom is 0.407 e. The third kappa shape index (κ3) is 5.43. The highest BCUT2D eigenvalue weighted by Gasteiger charge is 2.30. The van der Waals surface area contributed by atoms with E-state index in [0.29, 0.717) is 18.6 Å². The van der Waals surface area contributed by atoms with Crippen molar-refractivity contribution in [3.63, 3.8) is 0 Å². The number of thioether (sulfide) groups is 1. The van der Waals surface area contributed by atoms with Gasteiger partial charge in [-0.15, -0.1) is 0 Å². The van der Waals surface area contributed by atoms with Gasteiger partial charge < -0.3 is 20.5 Å². The van der Waals surface area contributed by atoms with E-state index in [1.54, 1.807) is 6.92 Å². The normalized spacial score (nSPS) is 14.1. The summed E-state index contributed by atoms with van der Waals surface area (Å²) in [6, 6.07) is 14.2. The van der Waals surface area contributed by atoms with Crippen molar-refractivity contribution in [1.82, 2.24) is 10.6 Å². The summed E-state index contributed by atoms with van der Waals surface area (Å²) in [6.45, 7) is 1.88. The van der Waals surface area contributed by atoms with Gasteiger partial charge in [-0.3, -0.25) is 4.79 Å². The molecule has 3 N–H and O–H groups in total. The Labute approximate surface area is 191 Å². The van der Waals surface area contributed by atoms with Crippen molar-refractivity contribution in [1.29, 1.82) is 0 Å². The first-order valence-corrected chi connectivity index (χ1v) is 12.0. The van der Waals surface area contributed by atoms with Crippen molar-refractivity contribution in [2.24, 2.45) is 0 Å². The van der Waals surface area contributed by atoms with Crippen molar-refractivity contribution in [2.75, 3.05) is 18.6 Å². The van der Waals surface area contributed by atoms with Crippen LogP contribution in [0, 0.1) is 0 Å². The van der Waals surface area contributed by atoms with E-state index in [-0.39, 0.29) is 12.5 Å². The molecule has 2 aromatic rings. The number of carboxylic acids is 1. The minimum Gasteiger partial charge on any atom is -0.480 e. The maximum absolute atomic E-state index is 12.5. The molecule has 2 aromatic carbocycles. The van der Waals surface area contributed by atoms with Gasteiger partial charge in [0, 0.05) is 5.92 Å². The molecule has 0 aliphatic heterocycles. The second-order valence-electron chi connectivity index (χ2n) is 7.61. The zero-order valence-corrected chi connectivity index (χ0v) is 19.0. The van der Waals surface area contributed by atoms with Crippen LogP contribution in [-0.4, -0.2) is 53.8 Å². The number of fused-ring (bicyclic) bond motifs is 3. The van der Waals surface area contributed by atoms with Crippen LogP contribution in [0.3, 0.4) is 0 Å². The summed E-state index contributed by atoms with van der Waals surface area (Å²) in [4.78, 5) is 36.4. The predicted molar refractivity (Wildman–Crippen MR) is 125 cm³/mol. The molecule has 7 nitrogen and oxygen atoms in total. The predicted octanol–water partition coefficient (Wildman–Crippen LogP) is 3.63. The number of nitrogens with one attached hydrogen (secondary N) is 2. The van der Waals surface area contributed by atoms with E-state index in [0.717, 1.165) is 22.3 Å². The van der Waals surface area contributed by atoms with E-state index >= 15 is 0 Å². The number of aliphatic carboxylic acids is 1. The van der Waals surface area contributed by atoms with Crippen LogP contribution >= 0.6 is 11.8 Å². The van der Waals surface area contributed by atoms with Crippen LogP contribution in [0.15, 0.2) is 48.5 Å². The first-order chi connectivity index (χ1) is 15.5. The molecule has 1 aliphatic carbocycles. The molecule has 0 saturated carbocycles. The van der Waals surface area contributed by atoms with Gasteiger partial charge in [-0.2, -0.15) is 11.8 Å². The van der Waals surface area contributed by atoms with Gasteiger partial charge in [-0.25, -0.2) is 9.59 Å². The number of hydrogen-bond donors (Lipinski definition) is 3. The zero-order valence-electron chi connectivity index (χ0n) is 18.2. The highest BCUT2D eigenvalue weighted by Crippen LogP contribution is 2.44. The molecule has 3 rings (SSSR count). The van der Waals surface area contributed by atoms with E-state index in [2.05, 4.69) is 22.8 Å². The molecule has 0 spiro atoms. The lowest BCUT2D eigenvalue weighted by Gasteiger charge is -2.21. The average molecular weight is 457 g/mol. The maximum atomic E-state index is 12.5. The SMILES string of the molecule is CC[C@@H](NC(=O)OCC1c2ccccc2-c2ccccc21)C(=O)NC(CCSC)C(=O)O. The van der Waals surface area contributed by atoms with Gasteiger partial charge in [0.15, 0.2) is 0 Å². The standard InChI is InChI=1S/C24H28N2O5S/c1-3-20(22(27)25-21(23(28)29)12-13-32-2)26-24(30)31-14-19-17-10-6-4-8-15(17)16-9-5-7-11-18(16)19/h4-11,19-21H,3,12-14H2,1-2H3,(H,25,27)(H,26,30)(H,28,29)/t20-,21?/m1/s1. The molecule has 0 radical (unpaired) electrons. The number of hydrogen-bond acceptors (Lipinski definition) is 5. The second-order valence-corrected chi connectivity index (χ2v) is 8.60. The number of benzene rings is 2. The molecule has 1 unspecified atom stereocenters. The number of carbonyl (C=O) groups excluding carboxylic acids is 2. The van der Waals surface area contributed by atoms with Crippen molar-refractivity contribution < 1.29 is 24.2 Å². The summed E-state index contributed by atoms with van der Waals surface area (Å²) >= 11 is 1.50. The minimum absolute atomic E-state index is 0.0787. The summed E-state index contributed by atoms with van der Waals surface area (Å²) in [5.41, 5.74) is 4.47. The lowest BCUT2D eigenvalue weighted by Crippen LogP contribution is -2.51. The van der Waals surface area contributed by atoms with Gasteiger partial charge in [0.25, 0.3) is 0 Å². The van der Waals surface area contributed by atoms with Crippen LogP contribution in [0.4, 0.5) is 4.79 Å². The topological polar surface area (TPSA) is 105 Å². The van der Waals surface area contributed by atoms with Crippen LogP contribution in [-0.2, 0) is 14.3 Å². The molecule has 0 saturated heterocycles. The van der Waals surface area contributed by atoms with Gasteiger partial charge in [-0.05, 0) is 47.1 Å². The number of carbonyl (C=O) groups is 3. The average Bonchev–Trinajstić information content (AvgIpc) is 3.12. The van der Waals surface area contributed by atoms with E-state index in [9.17, 15) is 19.5 Å². The molecular formula is C24H28N2O5S. The molecule has 0 heterocycles. The second kappa shape index (κ2) is 11.0. The largest absolute Gasteiger partial charge is 0.480 e. The first kappa shape index (κ1) is 23.7. The quantitative estimate of drug-likeness (QED) is 0.504. The molecule has 0 bridgehead atoms. The number of ether oxygens (including phenoxy) is 1. The molecule has 1 aliphatic rings. The summed E-state index contributed by atoms with van der Waals surface area (Å²) in [5, 5.41) is 14.4. The zero-order chi connectivity index (χ0) is 23.1. The van der Waals surface area contributed by atoms with Crippen LogP contribution in [0.25, 0.3) is 11.1 Å². The fraction of sp³-hybridized carbons (Fsp3) is 0.375. The molecule has 32 heavy (non-hydrogen) atoms. The minimum atomic E-state index is -1.09. The number of carboxylic acid groups (broad SMARTS) is 1. The summed E-state index contributed by atoms with van der Waals surface area (Å²) in [7, 11) is 0. The number of alkyl carbamates (subject to hydrolysis) is 1. The number of rotatable bonds is 10. The number of amides is 2. The Morgan fingerprint density at radius 2 is 1.59 bits per heavy atom. The van der Waals surface area contributed by atoms with Gasteiger partial charge in [0.2, 0.25) is 5.91 Å². The fourth-order valence-corrected chi connectivity index (χ4v) is 4.37. The van der Waals surface area contributed by atoms with Crippen LogP contribution in [0.2, 0.25) is 0 Å². The molecule has 8 heteroatoms. The highest BCUT2D eigenvalue weighted by molar-refractivity contribution is 7.98. The van der Waals surface area contributed by atoms with Crippen molar-refractivity contribution in [3.05, 3.63) is 59.7 Å². The van der Waals surface area contributed by atoms with Gasteiger partial charge in [0.1, 0.15) is 18.7 Å². The third-order valence-corrected chi connectivity index (χ3v) is 6.23. The van der Waals surface area contributed by atoms with E-state index in [1.807, 2.05) is 42.7 Å². The lowest BCUT2D eigenvalue weighted by atomic mass is 9.98. The van der Waals surface area contributed by atoms with Crippen molar-refractivity contribution >= 4 is 29.7 Å². The molecular weight excluding hydrogens is 428 g/mol. The van der Waals surface area contributed by atoms with Crippen LogP contribution < -0.4 is 10.6 Å². The Morgan fingerprint density at radius 1 is 1.00 bits per heavy atom. The first-order valence-electron chi connectivity index (χ1n) is 10.6. The third-order valence-electron chi connectivity index (χ3n) is 5.59. The molecule has 170 valence electrons. The Kier molecular flexibility index (Phi) is 8.16. The summed E-state index contributed by atoms with van der Waals surface area (Å²) < 4.78 is 5.49. The fourth-order valence-electron chi connectivity index (χ4n) is 3.90. The molecule has 0 fully saturated rings. The smallest absolute Gasteiger partial charge is 0.407 e. The monoisotopic (exact) mass is 456 g/mol. The summed E-state index contributed by atoms with van der Waals surface area (Å²) in [5.74, 6) is -1.10. The molecule has 2 atom stereocenters.